The second-order valence-electron chi connectivity index (χ2n) is 21.2. The van der Waals surface area contributed by atoms with Crippen molar-refractivity contribution in [3.05, 3.63) is 139 Å². The molecule has 0 aliphatic heterocycles. The van der Waals surface area contributed by atoms with Gasteiger partial charge in [0.15, 0.2) is 0 Å². The number of aryl methyl sites for hydroxylation is 4. The van der Waals surface area contributed by atoms with E-state index in [0.717, 1.165) is 66.8 Å². The van der Waals surface area contributed by atoms with Crippen molar-refractivity contribution in [2.45, 2.75) is 145 Å². The number of rotatable bonds is 8. The maximum atomic E-state index is 13.7. The Morgan fingerprint density at radius 3 is 1.00 bits per heavy atom. The molecule has 0 spiro atoms. The third-order valence-corrected chi connectivity index (χ3v) is 11.6. The number of carboxylic acid groups (broad SMARTS) is 2. The molecule has 318 valence electrons. The van der Waals surface area contributed by atoms with Gasteiger partial charge in [-0.1, -0.05) is 143 Å². The van der Waals surface area contributed by atoms with Crippen molar-refractivity contribution in [2.75, 3.05) is 0 Å². The number of hydrogen-bond donors (Lipinski definition) is 4. The predicted molar refractivity (Wildman–Crippen MR) is 247 cm³/mol. The van der Waals surface area contributed by atoms with Crippen LogP contribution in [0.3, 0.4) is 0 Å². The first-order chi connectivity index (χ1) is 27.4. The Hall–Kier alpha value is -5.36. The molecule has 0 bridgehead atoms. The monoisotopic (exact) mass is 810 g/mol. The van der Waals surface area contributed by atoms with Crippen molar-refractivity contribution in [2.24, 2.45) is 0 Å². The lowest BCUT2D eigenvalue weighted by Crippen LogP contribution is -2.19. The summed E-state index contributed by atoms with van der Waals surface area (Å²) in [4.78, 5) is 27.4. The zero-order valence-corrected chi connectivity index (χ0v) is 38.8. The molecule has 5 aromatic carbocycles. The molecule has 0 amide bonds. The van der Waals surface area contributed by atoms with Gasteiger partial charge in [-0.05, 0) is 141 Å². The van der Waals surface area contributed by atoms with Gasteiger partial charge in [0, 0.05) is 11.1 Å². The van der Waals surface area contributed by atoms with Crippen LogP contribution in [0.1, 0.15) is 171 Å². The Morgan fingerprint density at radius 2 is 0.733 bits per heavy atom. The van der Waals surface area contributed by atoms with Crippen LogP contribution in [0.5, 0.6) is 11.5 Å². The highest BCUT2D eigenvalue weighted by molar-refractivity contribution is 6.10. The van der Waals surface area contributed by atoms with Crippen LogP contribution in [-0.4, -0.2) is 32.4 Å². The fourth-order valence-electron chi connectivity index (χ4n) is 8.75. The third kappa shape index (κ3) is 9.18. The minimum atomic E-state index is -1.15. The number of phenolic OH excluding ortho intramolecular Hbond substituents is 2. The van der Waals surface area contributed by atoms with Crippen LogP contribution < -0.4 is 0 Å². The van der Waals surface area contributed by atoms with E-state index < -0.39 is 22.8 Å². The fraction of sp³-hybridized carbons (Fsp3) is 0.407. The molecule has 0 radical (unpaired) electrons. The van der Waals surface area contributed by atoms with Gasteiger partial charge in [0.2, 0.25) is 0 Å². The van der Waals surface area contributed by atoms with Crippen LogP contribution in [0, 0.1) is 27.7 Å². The molecule has 5 aromatic rings. The van der Waals surface area contributed by atoms with Crippen molar-refractivity contribution in [1.29, 1.82) is 0 Å². The molecule has 0 atom stereocenters. The highest BCUT2D eigenvalue weighted by atomic mass is 16.4. The van der Waals surface area contributed by atoms with Crippen LogP contribution in [0.4, 0.5) is 0 Å². The first-order valence-electron chi connectivity index (χ1n) is 21.0. The van der Waals surface area contributed by atoms with Gasteiger partial charge in [-0.25, -0.2) is 9.59 Å². The van der Waals surface area contributed by atoms with Crippen LogP contribution >= 0.6 is 0 Å². The van der Waals surface area contributed by atoms with E-state index in [1.165, 1.54) is 12.1 Å². The predicted octanol–water partition coefficient (Wildman–Crippen LogP) is 13.4. The standard InChI is InChI=1S/C54H66O6/c1-29-19-35(25-33-23-31(3)47(55)41(27-33)53(11,12)13)43(39(21-29)51(5,6)7)45-37(49(57)58)17-18-38(50(59)60)46(45)44-36(20-30(2)22-40(44)52(8,9)10)26-34-24-32(4)48(56)42(28-34)54(14,15)16/h17-24,27-28,55-56H,25-26H2,1-16H3,(H,57,58)(H,59,60). The summed E-state index contributed by atoms with van der Waals surface area (Å²) in [6.07, 6.45) is 0.824. The van der Waals surface area contributed by atoms with E-state index in [2.05, 4.69) is 107 Å². The van der Waals surface area contributed by atoms with Crippen molar-refractivity contribution < 1.29 is 30.0 Å². The van der Waals surface area contributed by atoms with Gasteiger partial charge in [-0.15, -0.1) is 0 Å². The number of carbonyl (C=O) groups is 2. The SMILES string of the molecule is Cc1cc(Cc2cc(C)c(O)c(C(C)(C)C)c2)c(-c2c(C(=O)O)ccc(C(=O)O)c2-c2c(Cc3cc(C)c(O)c(C(C)(C)C)c3)cc(C)cc2C(C)(C)C)c(C(C)(C)C)c1. The fourth-order valence-corrected chi connectivity index (χ4v) is 8.75. The number of carboxylic acids is 2. The van der Waals surface area contributed by atoms with Crippen molar-refractivity contribution >= 4 is 11.9 Å². The van der Waals surface area contributed by atoms with E-state index in [1.54, 1.807) is 0 Å². The van der Waals surface area contributed by atoms with Gasteiger partial charge >= 0.3 is 11.9 Å². The topological polar surface area (TPSA) is 115 Å². The van der Waals surface area contributed by atoms with E-state index in [4.69, 9.17) is 0 Å². The minimum absolute atomic E-state index is 0.0183. The largest absolute Gasteiger partial charge is 0.507 e. The molecule has 0 saturated heterocycles. The lowest BCUT2D eigenvalue weighted by Gasteiger charge is -2.32. The first kappa shape index (κ1) is 45.7. The Morgan fingerprint density at radius 1 is 0.433 bits per heavy atom. The lowest BCUT2D eigenvalue weighted by atomic mass is 9.71. The third-order valence-electron chi connectivity index (χ3n) is 11.6. The van der Waals surface area contributed by atoms with Crippen molar-refractivity contribution in [3.63, 3.8) is 0 Å². The molecule has 0 aliphatic carbocycles. The highest BCUT2D eigenvalue weighted by Crippen LogP contribution is 2.49. The Bertz CT molecular complexity index is 2350. The smallest absolute Gasteiger partial charge is 0.336 e. The van der Waals surface area contributed by atoms with Gasteiger partial charge in [0.25, 0.3) is 0 Å². The molecular weight excluding hydrogens is 745 g/mol. The molecule has 4 N–H and O–H groups in total. The normalized spacial score (nSPS) is 12.5. The summed E-state index contributed by atoms with van der Waals surface area (Å²) in [7, 11) is 0. The lowest BCUT2D eigenvalue weighted by molar-refractivity contribution is 0.0682. The summed E-state index contributed by atoms with van der Waals surface area (Å²) in [5, 5.41) is 44.8. The summed E-state index contributed by atoms with van der Waals surface area (Å²) in [5.41, 5.74) is 11.1. The second-order valence-corrected chi connectivity index (χ2v) is 21.2. The van der Waals surface area contributed by atoms with Gasteiger partial charge in [0.05, 0.1) is 11.1 Å². The maximum absolute atomic E-state index is 13.7. The second kappa shape index (κ2) is 15.9. The number of phenols is 2. The quantitative estimate of drug-likeness (QED) is 0.124. The number of aromatic carboxylic acids is 2. The molecule has 60 heavy (non-hydrogen) atoms. The van der Waals surface area contributed by atoms with Crippen molar-refractivity contribution in [3.8, 4) is 33.8 Å². The van der Waals surface area contributed by atoms with Gasteiger partial charge in [0.1, 0.15) is 11.5 Å². The molecule has 6 nitrogen and oxygen atoms in total. The summed E-state index contributed by atoms with van der Waals surface area (Å²) in [6, 6.07) is 19.4. The number of hydrogen-bond acceptors (Lipinski definition) is 4. The Kier molecular flexibility index (Phi) is 12.1. The molecule has 6 heteroatoms. The Labute approximate surface area is 358 Å². The van der Waals surface area contributed by atoms with Crippen molar-refractivity contribution in [1.82, 2.24) is 0 Å². The summed E-state index contributed by atoms with van der Waals surface area (Å²) in [5.74, 6) is -1.79. The zero-order chi connectivity index (χ0) is 45.2. The summed E-state index contributed by atoms with van der Waals surface area (Å²) >= 11 is 0. The van der Waals surface area contributed by atoms with Crippen LogP contribution in [0.15, 0.2) is 60.7 Å². The molecule has 0 aromatic heterocycles. The molecule has 0 fully saturated rings. The summed E-state index contributed by atoms with van der Waals surface area (Å²) in [6.45, 7) is 32.9. The van der Waals surface area contributed by atoms with Crippen LogP contribution in [-0.2, 0) is 34.5 Å². The minimum Gasteiger partial charge on any atom is -0.507 e. The molecular formula is C54H66O6. The van der Waals surface area contributed by atoms with Gasteiger partial charge < -0.3 is 20.4 Å². The van der Waals surface area contributed by atoms with Crippen LogP contribution in [0.2, 0.25) is 0 Å². The molecule has 0 heterocycles. The highest BCUT2D eigenvalue weighted by Gasteiger charge is 2.34. The van der Waals surface area contributed by atoms with Gasteiger partial charge in [-0.3, -0.25) is 0 Å². The van der Waals surface area contributed by atoms with E-state index >= 15 is 0 Å². The molecule has 0 aliphatic rings. The molecule has 5 rings (SSSR count). The van der Waals surface area contributed by atoms with Crippen LogP contribution in [0.25, 0.3) is 22.3 Å². The summed E-state index contributed by atoms with van der Waals surface area (Å²) < 4.78 is 0. The molecule has 0 unspecified atom stereocenters. The van der Waals surface area contributed by atoms with E-state index in [1.807, 2.05) is 52.0 Å². The average Bonchev–Trinajstić information content (AvgIpc) is 3.08. The maximum Gasteiger partial charge on any atom is 0.336 e. The first-order valence-corrected chi connectivity index (χ1v) is 21.0. The van der Waals surface area contributed by atoms with Gasteiger partial charge in [-0.2, -0.15) is 0 Å². The van der Waals surface area contributed by atoms with E-state index in [0.29, 0.717) is 35.1 Å². The zero-order valence-electron chi connectivity index (χ0n) is 38.8. The number of aromatic hydroxyl groups is 2. The average molecular weight is 811 g/mol. The molecule has 0 saturated carbocycles. The van der Waals surface area contributed by atoms with E-state index in [9.17, 15) is 30.0 Å². The Balaban J connectivity index is 2.04. The number of benzene rings is 5. The van der Waals surface area contributed by atoms with E-state index in [-0.39, 0.29) is 33.5 Å².